The van der Waals surface area contributed by atoms with Gasteiger partial charge in [0.2, 0.25) is 0 Å². The molecule has 0 radical (unpaired) electrons. The fourth-order valence-corrected chi connectivity index (χ4v) is 0.345. The molecule has 2 nitrogen and oxygen atoms in total. The van der Waals surface area contributed by atoms with Crippen molar-refractivity contribution in [3.05, 3.63) is 0 Å². The summed E-state index contributed by atoms with van der Waals surface area (Å²) in [4.78, 5) is 0. The normalized spacial score (nSPS) is 10.9. The second-order valence-corrected chi connectivity index (χ2v) is 1.85. The van der Waals surface area contributed by atoms with Gasteiger partial charge in [0.15, 0.2) is 5.67 Å². The summed E-state index contributed by atoms with van der Waals surface area (Å²) in [5.74, 6) is 2.02. The lowest BCUT2D eigenvalue weighted by atomic mass is 10.1. The molecule has 3 heteroatoms. The van der Waals surface area contributed by atoms with Crippen LogP contribution < -0.4 is 0 Å². The highest BCUT2D eigenvalue weighted by Crippen LogP contribution is 2.12. The zero-order chi connectivity index (χ0) is 7.33. The highest BCUT2D eigenvalue weighted by atomic mass is 19.1. The van der Waals surface area contributed by atoms with Gasteiger partial charge >= 0.3 is 0 Å². The average molecular weight is 132 g/mol. The molecule has 0 aliphatic heterocycles. The van der Waals surface area contributed by atoms with Crippen molar-refractivity contribution in [3.63, 3.8) is 0 Å². The zero-order valence-corrected chi connectivity index (χ0v) is 4.97. The molecule has 0 fully saturated rings. The summed E-state index contributed by atoms with van der Waals surface area (Å²) in [6, 6.07) is 0. The van der Waals surface area contributed by atoms with Gasteiger partial charge in [-0.2, -0.15) is 0 Å². The number of aliphatic hydroxyl groups is 2. The summed E-state index contributed by atoms with van der Waals surface area (Å²) in [5.41, 5.74) is -1.99. The van der Waals surface area contributed by atoms with Crippen LogP contribution in [0.25, 0.3) is 0 Å². The van der Waals surface area contributed by atoms with Crippen LogP contribution in [0.2, 0.25) is 0 Å². The van der Waals surface area contributed by atoms with Crippen molar-refractivity contribution < 1.29 is 14.6 Å². The van der Waals surface area contributed by atoms with Gasteiger partial charge in [-0.1, -0.05) is 0 Å². The van der Waals surface area contributed by atoms with Gasteiger partial charge in [0.1, 0.15) is 0 Å². The Morgan fingerprint density at radius 1 is 1.44 bits per heavy atom. The minimum absolute atomic E-state index is 0.250. The second kappa shape index (κ2) is 3.44. The molecule has 0 aliphatic rings. The topological polar surface area (TPSA) is 40.5 Å². The van der Waals surface area contributed by atoms with Gasteiger partial charge in [-0.3, -0.25) is 0 Å². The Hall–Kier alpha value is -0.590. The first-order chi connectivity index (χ1) is 4.18. The quantitative estimate of drug-likeness (QED) is 0.518. The lowest BCUT2D eigenvalue weighted by Gasteiger charge is -2.15. The van der Waals surface area contributed by atoms with Crippen LogP contribution in [0.5, 0.6) is 0 Å². The average Bonchev–Trinajstić information content (AvgIpc) is 1.89. The largest absolute Gasteiger partial charge is 0.393 e. The third kappa shape index (κ3) is 2.45. The molecule has 0 aromatic rings. The van der Waals surface area contributed by atoms with Crippen molar-refractivity contribution in [1.82, 2.24) is 0 Å². The number of hydrogen-bond donors (Lipinski definition) is 2. The Kier molecular flexibility index (Phi) is 3.21. The van der Waals surface area contributed by atoms with Crippen molar-refractivity contribution >= 4 is 0 Å². The highest BCUT2D eigenvalue weighted by Gasteiger charge is 2.26. The number of halogens is 1. The van der Waals surface area contributed by atoms with Crippen LogP contribution in [0.4, 0.5) is 4.39 Å². The summed E-state index contributed by atoms with van der Waals surface area (Å²) in [7, 11) is 0. The number of alkyl halides is 1. The Morgan fingerprint density at radius 3 is 2.00 bits per heavy atom. The van der Waals surface area contributed by atoms with Crippen LogP contribution in [0, 0.1) is 12.3 Å². The fourth-order valence-electron chi connectivity index (χ4n) is 0.345. The third-order valence-corrected chi connectivity index (χ3v) is 0.986. The molecule has 0 atom stereocenters. The Bertz CT molecular complexity index is 113. The summed E-state index contributed by atoms with van der Waals surface area (Å²) in [5, 5.41) is 16.6. The van der Waals surface area contributed by atoms with E-state index in [1.165, 1.54) is 0 Å². The van der Waals surface area contributed by atoms with Crippen molar-refractivity contribution in [3.8, 4) is 12.3 Å². The lowest BCUT2D eigenvalue weighted by Crippen LogP contribution is -2.31. The monoisotopic (exact) mass is 132 g/mol. The van der Waals surface area contributed by atoms with Gasteiger partial charge < -0.3 is 10.2 Å². The van der Waals surface area contributed by atoms with E-state index in [1.807, 2.05) is 5.92 Å². The molecule has 0 saturated carbocycles. The second-order valence-electron chi connectivity index (χ2n) is 1.85. The van der Waals surface area contributed by atoms with Gasteiger partial charge in [-0.15, -0.1) is 12.3 Å². The predicted molar refractivity (Wildman–Crippen MR) is 31.5 cm³/mol. The van der Waals surface area contributed by atoms with Crippen LogP contribution in [0.15, 0.2) is 0 Å². The Morgan fingerprint density at radius 2 is 1.89 bits per heavy atom. The molecule has 0 heterocycles. The van der Waals surface area contributed by atoms with E-state index in [4.69, 9.17) is 16.6 Å². The van der Waals surface area contributed by atoms with Gasteiger partial charge in [0.05, 0.1) is 13.2 Å². The van der Waals surface area contributed by atoms with Crippen LogP contribution in [-0.2, 0) is 0 Å². The molecule has 2 N–H and O–H groups in total. The lowest BCUT2D eigenvalue weighted by molar-refractivity contribution is 0.0203. The van der Waals surface area contributed by atoms with E-state index >= 15 is 0 Å². The highest BCUT2D eigenvalue weighted by molar-refractivity contribution is 4.95. The molecule has 0 aromatic carbocycles. The van der Waals surface area contributed by atoms with Crippen LogP contribution in [0.1, 0.15) is 6.42 Å². The van der Waals surface area contributed by atoms with E-state index in [0.717, 1.165) is 0 Å². The van der Waals surface area contributed by atoms with E-state index < -0.39 is 18.9 Å². The van der Waals surface area contributed by atoms with Gasteiger partial charge in [0, 0.05) is 6.42 Å². The van der Waals surface area contributed by atoms with Gasteiger partial charge in [0.25, 0.3) is 0 Å². The SMILES string of the molecule is C#CCC(F)(CO)CO. The first-order valence-electron chi connectivity index (χ1n) is 2.52. The maximum atomic E-state index is 12.6. The summed E-state index contributed by atoms with van der Waals surface area (Å²) < 4.78 is 12.6. The molecule has 0 aromatic heterocycles. The van der Waals surface area contributed by atoms with Gasteiger partial charge in [-0.25, -0.2) is 4.39 Å². The number of aliphatic hydroxyl groups excluding tert-OH is 2. The summed E-state index contributed by atoms with van der Waals surface area (Å²) in [6.45, 7) is -1.46. The molecule has 52 valence electrons. The Labute approximate surface area is 53.3 Å². The third-order valence-electron chi connectivity index (χ3n) is 0.986. The summed E-state index contributed by atoms with van der Waals surface area (Å²) in [6.07, 6.45) is 4.50. The smallest absolute Gasteiger partial charge is 0.167 e. The van der Waals surface area contributed by atoms with E-state index in [2.05, 4.69) is 0 Å². The van der Waals surface area contributed by atoms with E-state index in [0.29, 0.717) is 0 Å². The molecule has 0 amide bonds. The molecule has 0 aliphatic carbocycles. The minimum atomic E-state index is -1.99. The van der Waals surface area contributed by atoms with Crippen molar-refractivity contribution in [2.75, 3.05) is 13.2 Å². The zero-order valence-electron chi connectivity index (χ0n) is 4.97. The first kappa shape index (κ1) is 8.41. The maximum Gasteiger partial charge on any atom is 0.167 e. The summed E-state index contributed by atoms with van der Waals surface area (Å²) >= 11 is 0. The molecule has 0 spiro atoms. The molecule has 0 bridgehead atoms. The van der Waals surface area contributed by atoms with Crippen LogP contribution in [-0.4, -0.2) is 29.1 Å². The standard InChI is InChI=1S/C6H9FO2/c1-2-3-6(7,4-8)5-9/h1,8-9H,3-5H2. The molecule has 0 unspecified atom stereocenters. The molecular formula is C6H9FO2. The van der Waals surface area contributed by atoms with E-state index in [9.17, 15) is 4.39 Å². The first-order valence-corrected chi connectivity index (χ1v) is 2.52. The van der Waals surface area contributed by atoms with E-state index in [1.54, 1.807) is 0 Å². The number of hydrogen-bond acceptors (Lipinski definition) is 2. The number of terminal acetylenes is 1. The van der Waals surface area contributed by atoms with Crippen molar-refractivity contribution in [2.24, 2.45) is 0 Å². The van der Waals surface area contributed by atoms with Gasteiger partial charge in [-0.05, 0) is 0 Å². The minimum Gasteiger partial charge on any atom is -0.393 e. The Balaban J connectivity index is 3.80. The van der Waals surface area contributed by atoms with Crippen molar-refractivity contribution in [2.45, 2.75) is 12.1 Å². The predicted octanol–water partition coefficient (Wildman–Crippen LogP) is -0.297. The maximum absolute atomic E-state index is 12.6. The molecule has 0 saturated heterocycles. The van der Waals surface area contributed by atoms with Crippen LogP contribution in [0.3, 0.4) is 0 Å². The van der Waals surface area contributed by atoms with E-state index in [-0.39, 0.29) is 6.42 Å². The van der Waals surface area contributed by atoms with Crippen LogP contribution >= 0.6 is 0 Å². The molecular weight excluding hydrogens is 123 g/mol. The molecule has 0 rings (SSSR count). The number of rotatable bonds is 3. The molecule has 9 heavy (non-hydrogen) atoms. The van der Waals surface area contributed by atoms with Crippen molar-refractivity contribution in [1.29, 1.82) is 0 Å². The fraction of sp³-hybridized carbons (Fsp3) is 0.667.